The molecular weight excluding hydrogens is 199 g/mol. The van der Waals surface area contributed by atoms with Gasteiger partial charge in [0, 0.05) is 12.1 Å². The van der Waals surface area contributed by atoms with Gasteiger partial charge < -0.3 is 16.2 Å². The van der Waals surface area contributed by atoms with E-state index in [1.165, 1.54) is 12.1 Å². The summed E-state index contributed by atoms with van der Waals surface area (Å²) in [5.74, 6) is -0.940. The summed E-state index contributed by atoms with van der Waals surface area (Å²) in [6.45, 7) is 1.70. The first-order valence-electron chi connectivity index (χ1n) is 4.52. The lowest BCUT2D eigenvalue weighted by Crippen LogP contribution is -2.30. The molecule has 0 bridgehead atoms. The highest BCUT2D eigenvalue weighted by molar-refractivity contribution is 5.95. The standard InChI is InChI=1S/C10H13FN2O2/c1-6(14)5-13-10(15)7-2-3-8(11)9(12)4-7/h2-4,6,14H,5,12H2,1H3,(H,13,15)/t6-/m1/s1. The first-order chi connectivity index (χ1) is 7.00. The highest BCUT2D eigenvalue weighted by Gasteiger charge is 2.08. The van der Waals surface area contributed by atoms with E-state index in [-0.39, 0.29) is 23.7 Å². The minimum Gasteiger partial charge on any atom is -0.396 e. The average Bonchev–Trinajstić information content (AvgIpc) is 2.18. The second kappa shape index (κ2) is 4.75. The molecular formula is C10H13FN2O2. The molecule has 1 rings (SSSR count). The zero-order valence-corrected chi connectivity index (χ0v) is 8.33. The zero-order chi connectivity index (χ0) is 11.4. The van der Waals surface area contributed by atoms with Crippen molar-refractivity contribution in [2.45, 2.75) is 13.0 Å². The molecule has 0 aliphatic rings. The molecule has 0 aromatic heterocycles. The summed E-state index contributed by atoms with van der Waals surface area (Å²) >= 11 is 0. The number of hydrogen-bond donors (Lipinski definition) is 3. The number of nitrogen functional groups attached to an aromatic ring is 1. The van der Waals surface area contributed by atoms with Crippen molar-refractivity contribution in [2.24, 2.45) is 0 Å². The minimum absolute atomic E-state index is 0.0697. The van der Waals surface area contributed by atoms with E-state index in [1.807, 2.05) is 0 Å². The summed E-state index contributed by atoms with van der Waals surface area (Å²) in [6, 6.07) is 3.72. The lowest BCUT2D eigenvalue weighted by Gasteiger charge is -2.07. The molecule has 0 fully saturated rings. The van der Waals surface area contributed by atoms with Crippen LogP contribution in [0.15, 0.2) is 18.2 Å². The zero-order valence-electron chi connectivity index (χ0n) is 8.33. The number of carbonyl (C=O) groups excluding carboxylic acids is 1. The van der Waals surface area contributed by atoms with Crippen LogP contribution < -0.4 is 11.1 Å². The fourth-order valence-corrected chi connectivity index (χ4v) is 1.03. The van der Waals surface area contributed by atoms with Crippen LogP contribution in [0.4, 0.5) is 10.1 Å². The van der Waals surface area contributed by atoms with Crippen molar-refractivity contribution in [1.29, 1.82) is 0 Å². The lowest BCUT2D eigenvalue weighted by atomic mass is 10.2. The first-order valence-corrected chi connectivity index (χ1v) is 4.52. The number of aliphatic hydroxyl groups is 1. The predicted molar refractivity (Wildman–Crippen MR) is 54.8 cm³/mol. The number of amides is 1. The van der Waals surface area contributed by atoms with E-state index < -0.39 is 11.9 Å². The smallest absolute Gasteiger partial charge is 0.251 e. The monoisotopic (exact) mass is 212 g/mol. The minimum atomic E-state index is -0.619. The molecule has 4 N–H and O–H groups in total. The first kappa shape index (κ1) is 11.5. The van der Waals surface area contributed by atoms with Crippen LogP contribution in [-0.4, -0.2) is 23.7 Å². The van der Waals surface area contributed by atoms with Crippen molar-refractivity contribution in [3.8, 4) is 0 Å². The maximum Gasteiger partial charge on any atom is 0.251 e. The van der Waals surface area contributed by atoms with Crippen molar-refractivity contribution < 1.29 is 14.3 Å². The Balaban J connectivity index is 2.70. The van der Waals surface area contributed by atoms with Crippen LogP contribution in [0.25, 0.3) is 0 Å². The largest absolute Gasteiger partial charge is 0.396 e. The summed E-state index contributed by atoms with van der Waals surface area (Å²) in [5.41, 5.74) is 5.51. The number of hydrogen-bond acceptors (Lipinski definition) is 3. The van der Waals surface area contributed by atoms with E-state index in [1.54, 1.807) is 6.92 Å². The molecule has 0 radical (unpaired) electrons. The van der Waals surface area contributed by atoms with Gasteiger partial charge in [0.05, 0.1) is 11.8 Å². The third kappa shape index (κ3) is 3.21. The summed E-state index contributed by atoms with van der Waals surface area (Å²) in [5, 5.41) is 11.4. The summed E-state index contributed by atoms with van der Waals surface area (Å²) in [7, 11) is 0. The van der Waals surface area contributed by atoms with Gasteiger partial charge in [0.2, 0.25) is 0 Å². The molecule has 1 amide bonds. The van der Waals surface area contributed by atoms with Gasteiger partial charge in [-0.3, -0.25) is 4.79 Å². The maximum atomic E-state index is 12.8. The molecule has 0 heterocycles. The molecule has 1 atom stereocenters. The molecule has 1 aromatic rings. The van der Waals surface area contributed by atoms with Crippen LogP contribution in [0.2, 0.25) is 0 Å². The van der Waals surface area contributed by atoms with E-state index in [9.17, 15) is 9.18 Å². The van der Waals surface area contributed by atoms with E-state index >= 15 is 0 Å². The molecule has 0 aliphatic carbocycles. The fourth-order valence-electron chi connectivity index (χ4n) is 1.03. The van der Waals surface area contributed by atoms with Gasteiger partial charge in [0.1, 0.15) is 5.82 Å². The Hall–Kier alpha value is -1.62. The van der Waals surface area contributed by atoms with E-state index in [0.717, 1.165) is 6.07 Å². The van der Waals surface area contributed by atoms with E-state index in [4.69, 9.17) is 10.8 Å². The van der Waals surface area contributed by atoms with Crippen LogP contribution in [0.5, 0.6) is 0 Å². The number of carbonyl (C=O) groups is 1. The van der Waals surface area contributed by atoms with Gasteiger partial charge in [0.15, 0.2) is 0 Å². The molecule has 82 valence electrons. The van der Waals surface area contributed by atoms with Gasteiger partial charge >= 0.3 is 0 Å². The second-order valence-electron chi connectivity index (χ2n) is 3.30. The molecule has 0 spiro atoms. The van der Waals surface area contributed by atoms with Crippen LogP contribution in [-0.2, 0) is 0 Å². The van der Waals surface area contributed by atoms with Gasteiger partial charge in [0.25, 0.3) is 5.91 Å². The third-order valence-electron chi connectivity index (χ3n) is 1.82. The van der Waals surface area contributed by atoms with Crippen molar-refractivity contribution in [3.05, 3.63) is 29.6 Å². The Morgan fingerprint density at radius 1 is 1.67 bits per heavy atom. The van der Waals surface area contributed by atoms with Crippen molar-refractivity contribution in [2.75, 3.05) is 12.3 Å². The Morgan fingerprint density at radius 2 is 2.33 bits per heavy atom. The Labute approximate surface area is 86.9 Å². The Kier molecular flexibility index (Phi) is 3.62. The van der Waals surface area contributed by atoms with Gasteiger partial charge in [-0.15, -0.1) is 0 Å². The van der Waals surface area contributed by atoms with Crippen molar-refractivity contribution in [3.63, 3.8) is 0 Å². The van der Waals surface area contributed by atoms with E-state index in [0.29, 0.717) is 0 Å². The van der Waals surface area contributed by atoms with Crippen molar-refractivity contribution >= 4 is 11.6 Å². The molecule has 0 saturated heterocycles. The number of benzene rings is 1. The summed E-state index contributed by atoms with van der Waals surface area (Å²) < 4.78 is 12.8. The van der Waals surface area contributed by atoms with Gasteiger partial charge in [-0.2, -0.15) is 0 Å². The highest BCUT2D eigenvalue weighted by Crippen LogP contribution is 2.11. The molecule has 4 nitrogen and oxygen atoms in total. The third-order valence-corrected chi connectivity index (χ3v) is 1.82. The Morgan fingerprint density at radius 3 is 2.87 bits per heavy atom. The molecule has 1 aromatic carbocycles. The van der Waals surface area contributed by atoms with Crippen molar-refractivity contribution in [1.82, 2.24) is 5.32 Å². The number of nitrogens with two attached hydrogens (primary N) is 1. The number of nitrogens with one attached hydrogen (secondary N) is 1. The average molecular weight is 212 g/mol. The summed E-state index contributed by atoms with van der Waals surface area (Å²) in [6.07, 6.45) is -0.619. The predicted octanol–water partition coefficient (Wildman–Crippen LogP) is 0.519. The lowest BCUT2D eigenvalue weighted by molar-refractivity contribution is 0.0924. The molecule has 5 heteroatoms. The summed E-state index contributed by atoms with van der Waals surface area (Å²) in [4.78, 5) is 11.4. The molecule has 0 saturated carbocycles. The van der Waals surface area contributed by atoms with Gasteiger partial charge in [-0.25, -0.2) is 4.39 Å². The Bertz CT molecular complexity index is 366. The van der Waals surface area contributed by atoms with Crippen LogP contribution >= 0.6 is 0 Å². The number of halogens is 1. The van der Waals surface area contributed by atoms with Gasteiger partial charge in [-0.05, 0) is 25.1 Å². The topological polar surface area (TPSA) is 75.3 Å². The van der Waals surface area contributed by atoms with Crippen LogP contribution in [0.3, 0.4) is 0 Å². The molecule has 0 unspecified atom stereocenters. The van der Waals surface area contributed by atoms with E-state index in [2.05, 4.69) is 5.32 Å². The molecule has 15 heavy (non-hydrogen) atoms. The number of anilines is 1. The van der Waals surface area contributed by atoms with Gasteiger partial charge in [-0.1, -0.05) is 0 Å². The number of rotatable bonds is 3. The molecule has 0 aliphatic heterocycles. The van der Waals surface area contributed by atoms with Crippen LogP contribution in [0.1, 0.15) is 17.3 Å². The SMILES string of the molecule is C[C@@H](O)CNC(=O)c1ccc(F)c(N)c1. The fraction of sp³-hybridized carbons (Fsp3) is 0.300. The normalized spacial score (nSPS) is 12.2. The number of aliphatic hydroxyl groups excluding tert-OH is 1. The second-order valence-corrected chi connectivity index (χ2v) is 3.30. The quantitative estimate of drug-likeness (QED) is 0.639. The highest BCUT2D eigenvalue weighted by atomic mass is 19.1. The maximum absolute atomic E-state index is 12.8. The van der Waals surface area contributed by atoms with Crippen LogP contribution in [0, 0.1) is 5.82 Å².